The van der Waals surface area contributed by atoms with E-state index in [1.165, 1.54) is 31.5 Å². The van der Waals surface area contributed by atoms with Crippen molar-refractivity contribution in [3.63, 3.8) is 0 Å². The van der Waals surface area contributed by atoms with Crippen LogP contribution in [0.3, 0.4) is 0 Å². The van der Waals surface area contributed by atoms with Crippen LogP contribution in [0.25, 0.3) is 0 Å². The predicted molar refractivity (Wildman–Crippen MR) is 128 cm³/mol. The minimum atomic E-state index is -0.477. The number of imide groups is 1. The molecule has 0 radical (unpaired) electrons. The summed E-state index contributed by atoms with van der Waals surface area (Å²) in [7, 11) is 1.44. The van der Waals surface area contributed by atoms with E-state index in [1.807, 2.05) is 12.2 Å². The van der Waals surface area contributed by atoms with Crippen molar-refractivity contribution in [3.05, 3.63) is 64.4 Å². The van der Waals surface area contributed by atoms with Crippen LogP contribution in [0, 0.1) is 29.5 Å². The minimum Gasteiger partial charge on any atom is -0.493 e. The Bertz CT molecular complexity index is 1250. The fraction of sp³-hybridized carbons (Fsp3) is 0.280. The molecule has 2 fully saturated rings. The monoisotopic (exact) mass is 541 g/mol. The molecule has 35 heavy (non-hydrogen) atoms. The first-order valence-electron chi connectivity index (χ1n) is 11.0. The third-order valence-corrected chi connectivity index (χ3v) is 7.07. The Morgan fingerprint density at radius 1 is 1.20 bits per heavy atom. The first kappa shape index (κ1) is 23.2. The quantitative estimate of drug-likeness (QED) is 0.327. The van der Waals surface area contributed by atoms with Crippen LogP contribution in [-0.4, -0.2) is 42.7 Å². The predicted octanol–water partition coefficient (Wildman–Crippen LogP) is 3.76. The SMILES string of the molecule is COc1cc(C=NN2C(=O)[C@@H]3[C@H](C2=O)[C@H]2C=C[C@H]3C2)cc(Br)c1OCC(=O)Nc1cccc(F)c1. The smallest absolute Gasteiger partial charge is 0.262 e. The Morgan fingerprint density at radius 2 is 1.91 bits per heavy atom. The largest absolute Gasteiger partial charge is 0.493 e. The second-order valence-corrected chi connectivity index (χ2v) is 9.47. The van der Waals surface area contributed by atoms with Gasteiger partial charge in [0.25, 0.3) is 17.7 Å². The first-order valence-corrected chi connectivity index (χ1v) is 11.8. The number of carbonyl (C=O) groups excluding carboxylic acids is 3. The van der Waals surface area contributed by atoms with Gasteiger partial charge in [0.05, 0.1) is 29.6 Å². The van der Waals surface area contributed by atoms with Crippen LogP contribution in [-0.2, 0) is 14.4 Å². The number of rotatable bonds is 7. The van der Waals surface area contributed by atoms with E-state index in [-0.39, 0.29) is 47.8 Å². The summed E-state index contributed by atoms with van der Waals surface area (Å²) < 4.78 is 24.8. The number of carbonyl (C=O) groups is 3. The number of hydrazone groups is 1. The number of amides is 3. The maximum atomic E-state index is 13.3. The Labute approximate surface area is 208 Å². The van der Waals surface area contributed by atoms with Crippen molar-refractivity contribution < 1.29 is 28.2 Å². The lowest BCUT2D eigenvalue weighted by molar-refractivity contribution is -0.140. The second kappa shape index (κ2) is 9.26. The molecule has 10 heteroatoms. The van der Waals surface area contributed by atoms with E-state index in [0.717, 1.165) is 11.4 Å². The van der Waals surface area contributed by atoms with Crippen LogP contribution in [0.4, 0.5) is 10.1 Å². The molecule has 2 bridgehead atoms. The standard InChI is InChI=1S/C25H21BrFN3O5/c1-34-19-8-13(11-28-30-24(32)21-14-5-6-15(9-14)22(21)25(30)33)7-18(26)23(19)35-12-20(31)29-17-4-2-3-16(27)10-17/h2-8,10-11,14-15,21-22H,9,12H2,1H3,(H,29,31)/t14-,15-,21-,22+/m0/s1. The number of anilines is 1. The molecule has 4 atom stereocenters. The van der Waals surface area contributed by atoms with Crippen LogP contribution in [0.1, 0.15) is 12.0 Å². The summed E-state index contributed by atoms with van der Waals surface area (Å²) in [5, 5.41) is 7.71. The van der Waals surface area contributed by atoms with Crippen molar-refractivity contribution in [1.82, 2.24) is 5.01 Å². The molecule has 1 aliphatic heterocycles. The molecule has 0 spiro atoms. The number of nitrogens with one attached hydrogen (secondary N) is 1. The molecule has 0 unspecified atom stereocenters. The van der Waals surface area contributed by atoms with Crippen molar-refractivity contribution in [1.29, 1.82) is 0 Å². The number of allylic oxidation sites excluding steroid dienone is 2. The van der Waals surface area contributed by atoms with E-state index in [0.29, 0.717) is 21.5 Å². The van der Waals surface area contributed by atoms with Crippen molar-refractivity contribution in [2.24, 2.45) is 28.8 Å². The molecule has 1 saturated carbocycles. The third kappa shape index (κ3) is 4.34. The van der Waals surface area contributed by atoms with Gasteiger partial charge in [-0.15, -0.1) is 0 Å². The molecule has 1 saturated heterocycles. The summed E-state index contributed by atoms with van der Waals surface area (Å²) in [5.41, 5.74) is 0.874. The van der Waals surface area contributed by atoms with Crippen molar-refractivity contribution in [2.75, 3.05) is 19.0 Å². The highest BCUT2D eigenvalue weighted by molar-refractivity contribution is 9.10. The molecular weight excluding hydrogens is 521 g/mol. The summed E-state index contributed by atoms with van der Waals surface area (Å²) in [5.74, 6) is -1.26. The van der Waals surface area contributed by atoms with Crippen LogP contribution >= 0.6 is 15.9 Å². The number of fused-ring (bicyclic) bond motifs is 5. The summed E-state index contributed by atoms with van der Waals surface area (Å²) in [4.78, 5) is 37.8. The van der Waals surface area contributed by atoms with Gasteiger partial charge in [-0.3, -0.25) is 14.4 Å². The van der Waals surface area contributed by atoms with Gasteiger partial charge in [0.2, 0.25) is 0 Å². The van der Waals surface area contributed by atoms with Gasteiger partial charge in [0, 0.05) is 5.69 Å². The normalized spacial score (nSPS) is 24.4. The van der Waals surface area contributed by atoms with Crippen LogP contribution < -0.4 is 14.8 Å². The number of nitrogens with zero attached hydrogens (tertiary/aromatic N) is 2. The molecule has 2 aliphatic carbocycles. The van der Waals surface area contributed by atoms with Crippen LogP contribution in [0.2, 0.25) is 0 Å². The highest BCUT2D eigenvalue weighted by Crippen LogP contribution is 2.52. The Kier molecular flexibility index (Phi) is 6.14. The number of hydrogen-bond acceptors (Lipinski definition) is 6. The Balaban J connectivity index is 1.26. The van der Waals surface area contributed by atoms with Gasteiger partial charge in [-0.2, -0.15) is 10.1 Å². The van der Waals surface area contributed by atoms with Gasteiger partial charge in [-0.05, 0) is 70.1 Å². The average molecular weight is 542 g/mol. The van der Waals surface area contributed by atoms with E-state index < -0.39 is 11.7 Å². The van der Waals surface area contributed by atoms with E-state index in [2.05, 4.69) is 26.3 Å². The van der Waals surface area contributed by atoms with E-state index in [1.54, 1.807) is 18.2 Å². The zero-order chi connectivity index (χ0) is 24.7. The zero-order valence-electron chi connectivity index (χ0n) is 18.6. The molecule has 2 aromatic rings. The molecule has 5 rings (SSSR count). The summed E-state index contributed by atoms with van der Waals surface area (Å²) >= 11 is 3.40. The molecule has 180 valence electrons. The van der Waals surface area contributed by atoms with Crippen molar-refractivity contribution in [3.8, 4) is 11.5 Å². The molecule has 3 aliphatic rings. The molecule has 3 amide bonds. The average Bonchev–Trinajstić information content (AvgIpc) is 3.51. The lowest BCUT2D eigenvalue weighted by atomic mass is 9.85. The lowest BCUT2D eigenvalue weighted by Gasteiger charge is -2.14. The molecule has 1 N–H and O–H groups in total. The van der Waals surface area contributed by atoms with E-state index in [4.69, 9.17) is 9.47 Å². The van der Waals surface area contributed by atoms with Gasteiger partial charge >= 0.3 is 0 Å². The van der Waals surface area contributed by atoms with Gasteiger partial charge in [0.1, 0.15) is 5.82 Å². The van der Waals surface area contributed by atoms with Crippen molar-refractivity contribution in [2.45, 2.75) is 6.42 Å². The molecule has 2 aromatic carbocycles. The van der Waals surface area contributed by atoms with Gasteiger partial charge in [0.15, 0.2) is 18.1 Å². The minimum absolute atomic E-state index is 0.116. The van der Waals surface area contributed by atoms with Crippen molar-refractivity contribution >= 4 is 45.6 Å². The summed E-state index contributed by atoms with van der Waals surface area (Å²) in [6.07, 6.45) is 6.34. The molecule has 8 nitrogen and oxygen atoms in total. The van der Waals surface area contributed by atoms with Gasteiger partial charge < -0.3 is 14.8 Å². The van der Waals surface area contributed by atoms with Crippen LogP contribution in [0.15, 0.2) is 58.1 Å². The topological polar surface area (TPSA) is 97.3 Å². The first-order chi connectivity index (χ1) is 16.9. The number of methoxy groups -OCH3 is 1. The number of benzene rings is 2. The number of halogens is 2. The van der Waals surface area contributed by atoms with Gasteiger partial charge in [-0.25, -0.2) is 4.39 Å². The van der Waals surface area contributed by atoms with E-state index in [9.17, 15) is 18.8 Å². The molecular formula is C25H21BrFN3O5. The zero-order valence-corrected chi connectivity index (χ0v) is 20.2. The molecule has 0 aromatic heterocycles. The number of hydrogen-bond donors (Lipinski definition) is 1. The van der Waals surface area contributed by atoms with Crippen LogP contribution in [0.5, 0.6) is 11.5 Å². The highest BCUT2D eigenvalue weighted by Gasteiger charge is 2.59. The van der Waals surface area contributed by atoms with Gasteiger partial charge in [-0.1, -0.05) is 18.2 Å². The third-order valence-electron chi connectivity index (χ3n) is 6.48. The maximum absolute atomic E-state index is 13.3. The second-order valence-electron chi connectivity index (χ2n) is 8.61. The Morgan fingerprint density at radius 3 is 2.57 bits per heavy atom. The van der Waals surface area contributed by atoms with E-state index >= 15 is 0 Å². The fourth-order valence-corrected chi connectivity index (χ4v) is 5.55. The summed E-state index contributed by atoms with van der Waals surface area (Å²) in [6.45, 7) is -0.338. The molecule has 1 heterocycles. The Hall–Kier alpha value is -3.53. The summed E-state index contributed by atoms with van der Waals surface area (Å²) in [6, 6.07) is 8.82. The highest BCUT2D eigenvalue weighted by atomic mass is 79.9. The lowest BCUT2D eigenvalue weighted by Crippen LogP contribution is -2.28. The number of ether oxygens (including phenoxy) is 2. The fourth-order valence-electron chi connectivity index (χ4n) is 4.98. The maximum Gasteiger partial charge on any atom is 0.262 e.